The highest BCUT2D eigenvalue weighted by molar-refractivity contribution is 5.55. The molecule has 130 valence electrons. The fraction of sp³-hybridized carbons (Fsp3) is 0.500. The number of aromatic nitrogens is 2. The van der Waals surface area contributed by atoms with Gasteiger partial charge in [-0.15, -0.1) is 0 Å². The predicted molar refractivity (Wildman–Crippen MR) is 103 cm³/mol. The van der Waals surface area contributed by atoms with Crippen LogP contribution in [-0.2, 0) is 0 Å². The van der Waals surface area contributed by atoms with Crippen molar-refractivity contribution in [2.24, 2.45) is 5.41 Å². The van der Waals surface area contributed by atoms with E-state index < -0.39 is 0 Å². The lowest BCUT2D eigenvalue weighted by Gasteiger charge is -2.33. The summed E-state index contributed by atoms with van der Waals surface area (Å²) < 4.78 is 0. The molecule has 0 bridgehead atoms. The van der Waals surface area contributed by atoms with Crippen LogP contribution in [0.5, 0.6) is 0 Å². The molecule has 1 heterocycles. The minimum Gasteiger partial charge on any atom is -0.365 e. The van der Waals surface area contributed by atoms with E-state index in [9.17, 15) is 0 Å². The first-order chi connectivity index (χ1) is 11.0. The maximum absolute atomic E-state index is 4.63. The van der Waals surface area contributed by atoms with Crippen LogP contribution in [0.3, 0.4) is 0 Å². The van der Waals surface area contributed by atoms with Gasteiger partial charge in [-0.2, -0.15) is 4.98 Å². The molecule has 1 aromatic carbocycles. The lowest BCUT2D eigenvalue weighted by molar-refractivity contribution is 0.302. The lowest BCUT2D eigenvalue weighted by atomic mass is 9.82. The van der Waals surface area contributed by atoms with Gasteiger partial charge in [0.2, 0.25) is 5.95 Å². The molecule has 4 nitrogen and oxygen atoms in total. The van der Waals surface area contributed by atoms with Crippen molar-refractivity contribution in [3.05, 3.63) is 41.6 Å². The second-order valence-electron chi connectivity index (χ2n) is 8.46. The largest absolute Gasteiger partial charge is 0.365 e. The van der Waals surface area contributed by atoms with Gasteiger partial charge >= 0.3 is 0 Å². The number of benzene rings is 1. The molecule has 0 aliphatic rings. The Hall–Kier alpha value is -2.10. The Morgan fingerprint density at radius 2 is 1.54 bits per heavy atom. The summed E-state index contributed by atoms with van der Waals surface area (Å²) in [7, 11) is 0. The van der Waals surface area contributed by atoms with Gasteiger partial charge in [0.1, 0.15) is 5.82 Å². The molecule has 0 unspecified atom stereocenters. The summed E-state index contributed by atoms with van der Waals surface area (Å²) in [5.74, 6) is 1.47. The number of rotatable bonds is 5. The smallest absolute Gasteiger partial charge is 0.229 e. The van der Waals surface area contributed by atoms with Gasteiger partial charge in [0.05, 0.1) is 0 Å². The first-order valence-electron chi connectivity index (χ1n) is 8.50. The number of aryl methyl sites for hydroxylation is 2. The zero-order valence-electron chi connectivity index (χ0n) is 16.0. The van der Waals surface area contributed by atoms with E-state index in [2.05, 4.69) is 74.3 Å². The van der Waals surface area contributed by atoms with Gasteiger partial charge < -0.3 is 10.6 Å². The third kappa shape index (κ3) is 5.84. The third-order valence-electron chi connectivity index (χ3n) is 3.60. The second kappa shape index (κ2) is 6.80. The van der Waals surface area contributed by atoms with Crippen LogP contribution >= 0.6 is 0 Å². The molecule has 0 radical (unpaired) electrons. The summed E-state index contributed by atoms with van der Waals surface area (Å²) in [5.41, 5.74) is 3.37. The summed E-state index contributed by atoms with van der Waals surface area (Å²) in [6, 6.07) is 10.2. The molecule has 2 N–H and O–H groups in total. The zero-order valence-corrected chi connectivity index (χ0v) is 16.0. The van der Waals surface area contributed by atoms with Gasteiger partial charge in [-0.1, -0.05) is 38.5 Å². The molecule has 0 spiro atoms. The van der Waals surface area contributed by atoms with Crippen molar-refractivity contribution < 1.29 is 0 Å². The topological polar surface area (TPSA) is 49.8 Å². The number of nitrogens with zero attached hydrogens (tertiary/aromatic N) is 2. The fourth-order valence-corrected chi connectivity index (χ4v) is 3.17. The van der Waals surface area contributed by atoms with Crippen LogP contribution in [0.1, 0.15) is 52.3 Å². The van der Waals surface area contributed by atoms with E-state index in [0.29, 0.717) is 5.95 Å². The van der Waals surface area contributed by atoms with Crippen LogP contribution in [0.4, 0.5) is 17.5 Å². The molecule has 0 amide bonds. The van der Waals surface area contributed by atoms with Crippen LogP contribution in [-0.4, -0.2) is 15.5 Å². The van der Waals surface area contributed by atoms with Crippen LogP contribution in [0.25, 0.3) is 0 Å². The van der Waals surface area contributed by atoms with Gasteiger partial charge in [-0.3, -0.25) is 0 Å². The van der Waals surface area contributed by atoms with Crippen LogP contribution < -0.4 is 10.6 Å². The van der Waals surface area contributed by atoms with Gasteiger partial charge in [-0.05, 0) is 51.7 Å². The summed E-state index contributed by atoms with van der Waals surface area (Å²) in [4.78, 5) is 9.13. The predicted octanol–water partition coefficient (Wildman–Crippen LogP) is 5.46. The van der Waals surface area contributed by atoms with Gasteiger partial charge in [0.25, 0.3) is 0 Å². The molecule has 0 saturated heterocycles. The van der Waals surface area contributed by atoms with E-state index >= 15 is 0 Å². The lowest BCUT2D eigenvalue weighted by Crippen LogP contribution is -2.35. The normalized spacial score (nSPS) is 12.1. The Bertz CT molecular complexity index is 682. The summed E-state index contributed by atoms with van der Waals surface area (Å²) in [6.07, 6.45) is 1.05. The molecule has 2 rings (SSSR count). The summed E-state index contributed by atoms with van der Waals surface area (Å²) in [6.45, 7) is 15.3. The van der Waals surface area contributed by atoms with Crippen molar-refractivity contribution in [3.8, 4) is 0 Å². The van der Waals surface area contributed by atoms with Crippen molar-refractivity contribution >= 4 is 17.5 Å². The minimum atomic E-state index is -0.0415. The maximum Gasteiger partial charge on any atom is 0.229 e. The zero-order chi connectivity index (χ0) is 18.0. The Morgan fingerprint density at radius 3 is 2.12 bits per heavy atom. The van der Waals surface area contributed by atoms with E-state index in [-0.39, 0.29) is 11.0 Å². The van der Waals surface area contributed by atoms with E-state index in [1.165, 1.54) is 5.56 Å². The summed E-state index contributed by atoms with van der Waals surface area (Å²) in [5, 5.41) is 6.84. The first kappa shape index (κ1) is 18.2. The molecule has 24 heavy (non-hydrogen) atoms. The van der Waals surface area contributed by atoms with E-state index in [1.807, 2.05) is 25.1 Å². The van der Waals surface area contributed by atoms with E-state index in [4.69, 9.17) is 0 Å². The second-order valence-corrected chi connectivity index (χ2v) is 8.46. The molecule has 1 aromatic heterocycles. The molecule has 0 fully saturated rings. The highest BCUT2D eigenvalue weighted by Gasteiger charge is 2.25. The molecular formula is C20H30N4. The molecule has 0 atom stereocenters. The minimum absolute atomic E-state index is 0.0415. The van der Waals surface area contributed by atoms with Crippen molar-refractivity contribution in [1.82, 2.24) is 9.97 Å². The quantitative estimate of drug-likeness (QED) is 0.765. The van der Waals surface area contributed by atoms with E-state index in [0.717, 1.165) is 23.6 Å². The van der Waals surface area contributed by atoms with Crippen molar-refractivity contribution in [2.45, 2.75) is 60.4 Å². The Balaban J connectivity index is 2.17. The monoisotopic (exact) mass is 326 g/mol. The average molecular weight is 326 g/mol. The highest BCUT2D eigenvalue weighted by Crippen LogP contribution is 2.29. The van der Waals surface area contributed by atoms with Crippen LogP contribution in [0.15, 0.2) is 30.3 Å². The SMILES string of the molecule is Cc1ccc(Nc2nc(C)cc(NC(C)(C)CC(C)(C)C)n2)cc1. The van der Waals surface area contributed by atoms with E-state index in [1.54, 1.807) is 0 Å². The molecule has 2 aromatic rings. The molecule has 4 heteroatoms. The fourth-order valence-electron chi connectivity index (χ4n) is 3.17. The molecule has 0 aliphatic heterocycles. The Morgan fingerprint density at radius 1 is 0.917 bits per heavy atom. The molecule has 0 saturated carbocycles. The van der Waals surface area contributed by atoms with Crippen LogP contribution in [0.2, 0.25) is 0 Å². The van der Waals surface area contributed by atoms with Gasteiger partial charge in [0, 0.05) is 23.0 Å². The average Bonchev–Trinajstić information content (AvgIpc) is 2.37. The first-order valence-corrected chi connectivity index (χ1v) is 8.50. The number of anilines is 3. The maximum atomic E-state index is 4.63. The number of hydrogen-bond donors (Lipinski definition) is 2. The standard InChI is InChI=1S/C20H30N4/c1-14-8-10-16(11-9-14)22-18-21-15(2)12-17(23-18)24-20(6,7)13-19(3,4)5/h8-12H,13H2,1-7H3,(H2,21,22,23,24). The highest BCUT2D eigenvalue weighted by atomic mass is 15.2. The molecule has 0 aliphatic carbocycles. The Labute approximate surface area is 146 Å². The number of nitrogens with one attached hydrogen (secondary N) is 2. The Kier molecular flexibility index (Phi) is 5.16. The van der Waals surface area contributed by atoms with Crippen molar-refractivity contribution in [1.29, 1.82) is 0 Å². The third-order valence-corrected chi connectivity index (χ3v) is 3.60. The number of hydrogen-bond acceptors (Lipinski definition) is 4. The summed E-state index contributed by atoms with van der Waals surface area (Å²) >= 11 is 0. The van der Waals surface area contributed by atoms with Crippen LogP contribution in [0, 0.1) is 19.3 Å². The molecular weight excluding hydrogens is 296 g/mol. The van der Waals surface area contributed by atoms with Crippen molar-refractivity contribution in [3.63, 3.8) is 0 Å². The van der Waals surface area contributed by atoms with Gasteiger partial charge in [-0.25, -0.2) is 4.98 Å². The van der Waals surface area contributed by atoms with Crippen molar-refractivity contribution in [2.75, 3.05) is 10.6 Å². The van der Waals surface area contributed by atoms with Gasteiger partial charge in [0.15, 0.2) is 0 Å².